The van der Waals surface area contributed by atoms with E-state index >= 15 is 0 Å². The van der Waals surface area contributed by atoms with Crippen LogP contribution in [0.3, 0.4) is 0 Å². The lowest BCUT2D eigenvalue weighted by molar-refractivity contribution is -0.114. The zero-order valence-electron chi connectivity index (χ0n) is 14.8. The van der Waals surface area contributed by atoms with Gasteiger partial charge in [0.15, 0.2) is 10.9 Å². The van der Waals surface area contributed by atoms with Gasteiger partial charge in [-0.05, 0) is 31.2 Å². The number of hydrogen-bond acceptors (Lipinski definition) is 6. The van der Waals surface area contributed by atoms with Crippen LogP contribution in [0.4, 0.5) is 10.8 Å². The molecule has 0 atom stereocenters. The van der Waals surface area contributed by atoms with E-state index in [1.165, 1.54) is 18.3 Å². The number of para-hydroxylation sites is 1. The van der Waals surface area contributed by atoms with Gasteiger partial charge in [0.25, 0.3) is 0 Å². The van der Waals surface area contributed by atoms with Gasteiger partial charge >= 0.3 is 0 Å². The number of rotatable bonds is 6. The third-order valence-electron chi connectivity index (χ3n) is 3.85. The largest absolute Gasteiger partial charge is 0.494 e. The van der Waals surface area contributed by atoms with E-state index in [0.29, 0.717) is 17.0 Å². The smallest absolute Gasteiger partial charge is 0.243 e. The van der Waals surface area contributed by atoms with E-state index in [-0.39, 0.29) is 18.2 Å². The maximum atomic E-state index is 12.3. The molecule has 0 aliphatic rings. The molecule has 3 rings (SSSR count). The van der Waals surface area contributed by atoms with Gasteiger partial charge in [-0.2, -0.15) is 0 Å². The molecule has 7 heteroatoms. The number of fused-ring (bicyclic) bond motifs is 1. The van der Waals surface area contributed by atoms with Gasteiger partial charge in [0.2, 0.25) is 5.91 Å². The molecule has 134 valence electrons. The van der Waals surface area contributed by atoms with Crippen LogP contribution < -0.4 is 15.0 Å². The van der Waals surface area contributed by atoms with Crippen molar-refractivity contribution >= 4 is 44.1 Å². The summed E-state index contributed by atoms with van der Waals surface area (Å²) in [6, 6.07) is 12.6. The predicted molar refractivity (Wildman–Crippen MR) is 105 cm³/mol. The van der Waals surface area contributed by atoms with E-state index in [1.54, 1.807) is 36.3 Å². The van der Waals surface area contributed by atoms with E-state index in [0.717, 1.165) is 15.3 Å². The van der Waals surface area contributed by atoms with Crippen molar-refractivity contribution in [3.63, 3.8) is 0 Å². The zero-order chi connectivity index (χ0) is 18.7. The van der Waals surface area contributed by atoms with Gasteiger partial charge in [0.1, 0.15) is 11.3 Å². The number of hydrogen-bond donors (Lipinski definition) is 1. The number of carbonyl (C=O) groups is 2. The van der Waals surface area contributed by atoms with Crippen LogP contribution in [0.15, 0.2) is 42.5 Å². The molecule has 0 bridgehead atoms. The number of likely N-dealkylation sites (N-methyl/N-ethyl adjacent to an activating group) is 1. The molecule has 3 aromatic rings. The first-order chi connectivity index (χ1) is 12.5. The van der Waals surface area contributed by atoms with Crippen molar-refractivity contribution in [2.24, 2.45) is 0 Å². The molecule has 0 saturated carbocycles. The number of methoxy groups -OCH3 is 1. The summed E-state index contributed by atoms with van der Waals surface area (Å²) in [5.41, 5.74) is 1.95. The van der Waals surface area contributed by atoms with Crippen LogP contribution in [0, 0.1) is 0 Å². The van der Waals surface area contributed by atoms with E-state index in [9.17, 15) is 9.59 Å². The molecule has 0 spiro atoms. The number of ether oxygens (including phenoxy) is 1. The topological polar surface area (TPSA) is 71.5 Å². The number of benzene rings is 2. The van der Waals surface area contributed by atoms with Gasteiger partial charge in [-0.15, -0.1) is 0 Å². The second-order valence-corrected chi connectivity index (χ2v) is 6.85. The Hall–Kier alpha value is -2.93. The second kappa shape index (κ2) is 7.53. The van der Waals surface area contributed by atoms with Crippen LogP contribution in [0.25, 0.3) is 10.2 Å². The van der Waals surface area contributed by atoms with Crippen LogP contribution in [0.5, 0.6) is 5.75 Å². The highest BCUT2D eigenvalue weighted by Crippen LogP contribution is 2.33. The molecule has 0 fully saturated rings. The molecule has 26 heavy (non-hydrogen) atoms. The van der Waals surface area contributed by atoms with Crippen LogP contribution in [-0.4, -0.2) is 37.4 Å². The number of ketones is 1. The summed E-state index contributed by atoms with van der Waals surface area (Å²) >= 11 is 1.50. The van der Waals surface area contributed by atoms with Crippen molar-refractivity contribution in [2.75, 3.05) is 30.9 Å². The Morgan fingerprint density at radius 2 is 2.00 bits per heavy atom. The van der Waals surface area contributed by atoms with E-state index in [1.807, 2.05) is 25.2 Å². The number of nitrogens with one attached hydrogen (secondary N) is 1. The Labute approximate surface area is 155 Å². The number of nitrogens with zero attached hydrogens (tertiary/aromatic N) is 2. The van der Waals surface area contributed by atoms with Gasteiger partial charge in [0.05, 0.1) is 18.4 Å². The highest BCUT2D eigenvalue weighted by atomic mass is 32.1. The maximum absolute atomic E-state index is 12.3. The van der Waals surface area contributed by atoms with Crippen LogP contribution in [0.1, 0.15) is 17.3 Å². The van der Waals surface area contributed by atoms with Gasteiger partial charge in [0, 0.05) is 18.3 Å². The lowest BCUT2D eigenvalue weighted by Gasteiger charge is -2.15. The monoisotopic (exact) mass is 369 g/mol. The fraction of sp³-hybridized carbons (Fsp3) is 0.211. The van der Waals surface area contributed by atoms with Crippen LogP contribution in [0.2, 0.25) is 0 Å². The van der Waals surface area contributed by atoms with Crippen molar-refractivity contribution in [1.29, 1.82) is 0 Å². The molecular formula is C19H19N3O3S. The summed E-state index contributed by atoms with van der Waals surface area (Å²) in [4.78, 5) is 30.1. The molecule has 0 unspecified atom stereocenters. The Morgan fingerprint density at radius 3 is 2.73 bits per heavy atom. The zero-order valence-corrected chi connectivity index (χ0v) is 15.6. The first-order valence-corrected chi connectivity index (χ1v) is 8.85. The number of carbonyl (C=O) groups excluding carboxylic acids is 2. The standard InChI is InChI=1S/C19H19N3O3S/c1-12(23)13-6-4-7-14(10-13)20-17(24)11-22(2)19-21-18-15(25-3)8-5-9-16(18)26-19/h4-10H,11H2,1-3H3,(H,20,24). The highest BCUT2D eigenvalue weighted by Gasteiger charge is 2.14. The molecule has 1 aromatic heterocycles. The minimum atomic E-state index is -0.181. The highest BCUT2D eigenvalue weighted by molar-refractivity contribution is 7.22. The number of Topliss-reactive ketones (excluding diaryl/α,β-unsaturated/α-hetero) is 1. The molecule has 1 heterocycles. The molecule has 0 radical (unpaired) electrons. The molecule has 0 aliphatic heterocycles. The normalized spacial score (nSPS) is 10.6. The lowest BCUT2D eigenvalue weighted by Crippen LogP contribution is -2.30. The maximum Gasteiger partial charge on any atom is 0.243 e. The number of aromatic nitrogens is 1. The summed E-state index contributed by atoms with van der Waals surface area (Å²) in [5, 5.41) is 3.55. The van der Waals surface area contributed by atoms with E-state index in [4.69, 9.17) is 4.74 Å². The fourth-order valence-electron chi connectivity index (χ4n) is 2.54. The molecule has 0 aliphatic carbocycles. The molecule has 0 saturated heterocycles. The van der Waals surface area contributed by atoms with Crippen molar-refractivity contribution in [3.8, 4) is 5.75 Å². The summed E-state index contributed by atoms with van der Waals surface area (Å²) in [7, 11) is 3.43. The quantitative estimate of drug-likeness (QED) is 0.673. The number of anilines is 2. The van der Waals surface area contributed by atoms with E-state index in [2.05, 4.69) is 10.3 Å². The minimum absolute atomic E-state index is 0.0401. The van der Waals surface area contributed by atoms with Crippen molar-refractivity contribution in [3.05, 3.63) is 48.0 Å². The molecule has 6 nitrogen and oxygen atoms in total. The van der Waals surface area contributed by atoms with Gasteiger partial charge in [-0.1, -0.05) is 29.5 Å². The number of thiazole rings is 1. The third-order valence-corrected chi connectivity index (χ3v) is 4.99. The first-order valence-electron chi connectivity index (χ1n) is 8.03. The predicted octanol–water partition coefficient (Wildman–Crippen LogP) is 3.58. The Morgan fingerprint density at radius 1 is 1.23 bits per heavy atom. The second-order valence-electron chi connectivity index (χ2n) is 5.84. The summed E-state index contributed by atoms with van der Waals surface area (Å²) in [6.07, 6.45) is 0. The van der Waals surface area contributed by atoms with E-state index < -0.39 is 0 Å². The van der Waals surface area contributed by atoms with Crippen LogP contribution >= 0.6 is 11.3 Å². The Kier molecular flexibility index (Phi) is 5.18. The summed E-state index contributed by atoms with van der Waals surface area (Å²) < 4.78 is 6.33. The minimum Gasteiger partial charge on any atom is -0.494 e. The molecule has 2 aromatic carbocycles. The van der Waals surface area contributed by atoms with Gasteiger partial charge in [-0.25, -0.2) is 4.98 Å². The van der Waals surface area contributed by atoms with Crippen molar-refractivity contribution in [2.45, 2.75) is 6.92 Å². The van der Waals surface area contributed by atoms with Crippen LogP contribution in [-0.2, 0) is 4.79 Å². The average Bonchev–Trinajstić information content (AvgIpc) is 3.06. The SMILES string of the molecule is COc1cccc2sc(N(C)CC(=O)Nc3cccc(C(C)=O)c3)nc12. The molecule has 1 amide bonds. The number of amides is 1. The first kappa shape index (κ1) is 17.9. The Bertz CT molecular complexity index is 968. The third kappa shape index (κ3) is 3.83. The van der Waals surface area contributed by atoms with Crippen molar-refractivity contribution < 1.29 is 14.3 Å². The summed E-state index contributed by atoms with van der Waals surface area (Å²) in [6.45, 7) is 1.64. The van der Waals surface area contributed by atoms with Gasteiger partial charge < -0.3 is 15.0 Å². The fourth-order valence-corrected chi connectivity index (χ4v) is 3.48. The summed E-state index contributed by atoms with van der Waals surface area (Å²) in [5.74, 6) is 0.491. The lowest BCUT2D eigenvalue weighted by atomic mass is 10.1. The van der Waals surface area contributed by atoms with Crippen molar-refractivity contribution in [1.82, 2.24) is 4.98 Å². The van der Waals surface area contributed by atoms with Gasteiger partial charge in [-0.3, -0.25) is 9.59 Å². The molecule has 1 N–H and O–H groups in total. The Balaban J connectivity index is 1.71. The average molecular weight is 369 g/mol. The molecular weight excluding hydrogens is 350 g/mol.